The molecule has 0 spiro atoms. The third-order valence-corrected chi connectivity index (χ3v) is 4.87. The molecule has 0 unspecified atom stereocenters. The summed E-state index contributed by atoms with van der Waals surface area (Å²) in [7, 11) is 0. The molecule has 1 aliphatic rings. The maximum absolute atomic E-state index is 13.1. The molecular formula is C18H22ClFN4O. The zero-order chi connectivity index (χ0) is 18.0. The molecule has 25 heavy (non-hydrogen) atoms. The normalized spacial score (nSPS) is 15.6. The lowest BCUT2D eigenvalue weighted by Gasteiger charge is -2.34. The van der Waals surface area contributed by atoms with Gasteiger partial charge in [0.2, 0.25) is 0 Å². The molecule has 1 fully saturated rings. The Hall–Kier alpha value is -1.92. The van der Waals surface area contributed by atoms with Crippen LogP contribution in [0.3, 0.4) is 0 Å². The van der Waals surface area contributed by atoms with Crippen LogP contribution < -0.4 is 0 Å². The van der Waals surface area contributed by atoms with Gasteiger partial charge < -0.3 is 4.90 Å². The third-order valence-electron chi connectivity index (χ3n) is 4.55. The predicted molar refractivity (Wildman–Crippen MR) is 95.5 cm³/mol. The smallest absolute Gasteiger partial charge is 0.255 e. The first-order valence-corrected chi connectivity index (χ1v) is 8.79. The Labute approximate surface area is 152 Å². The summed E-state index contributed by atoms with van der Waals surface area (Å²) in [6.45, 7) is 8.71. The van der Waals surface area contributed by atoms with Gasteiger partial charge in [-0.25, -0.2) is 4.39 Å². The van der Waals surface area contributed by atoms with Gasteiger partial charge in [0.1, 0.15) is 5.82 Å². The zero-order valence-electron chi connectivity index (χ0n) is 14.5. The van der Waals surface area contributed by atoms with Gasteiger partial charge in [0, 0.05) is 38.4 Å². The first-order chi connectivity index (χ1) is 11.9. The zero-order valence-corrected chi connectivity index (χ0v) is 15.3. The number of aryl methyl sites for hydroxylation is 2. The summed E-state index contributed by atoms with van der Waals surface area (Å²) in [6, 6.07) is 5.97. The van der Waals surface area contributed by atoms with Crippen LogP contribution in [0.15, 0.2) is 24.3 Å². The fourth-order valence-electron chi connectivity index (χ4n) is 3.15. The molecule has 1 saturated heterocycles. The van der Waals surface area contributed by atoms with Crippen LogP contribution in [0.25, 0.3) is 0 Å². The van der Waals surface area contributed by atoms with Gasteiger partial charge in [-0.15, -0.1) is 0 Å². The Morgan fingerprint density at radius 1 is 1.16 bits per heavy atom. The number of hydrogen-bond acceptors (Lipinski definition) is 3. The van der Waals surface area contributed by atoms with Crippen molar-refractivity contribution in [3.63, 3.8) is 0 Å². The van der Waals surface area contributed by atoms with E-state index in [0.29, 0.717) is 18.7 Å². The van der Waals surface area contributed by atoms with Crippen molar-refractivity contribution in [3.05, 3.63) is 52.1 Å². The number of carbonyl (C=O) groups is 1. The second kappa shape index (κ2) is 7.54. The van der Waals surface area contributed by atoms with E-state index >= 15 is 0 Å². The van der Waals surface area contributed by atoms with E-state index in [4.69, 9.17) is 11.6 Å². The average Bonchev–Trinajstić information content (AvgIpc) is 2.90. The number of halogens is 2. The van der Waals surface area contributed by atoms with E-state index in [1.54, 1.807) is 4.90 Å². The van der Waals surface area contributed by atoms with Crippen LogP contribution in [0.1, 0.15) is 21.7 Å². The number of nitrogens with zero attached hydrogens (tertiary/aromatic N) is 4. The highest BCUT2D eigenvalue weighted by Gasteiger charge is 2.23. The fourth-order valence-corrected chi connectivity index (χ4v) is 3.39. The van der Waals surface area contributed by atoms with Gasteiger partial charge in [-0.1, -0.05) is 11.6 Å². The highest BCUT2D eigenvalue weighted by atomic mass is 35.5. The number of hydrogen-bond donors (Lipinski definition) is 0. The number of piperazine rings is 1. The molecule has 5 nitrogen and oxygen atoms in total. The standard InChI is InChI=1S/C18H22ClFN4O/c1-13-11-14(2)24(21-13)10-7-22-5-8-23(9-6-22)18(25)16-4-3-15(20)12-17(16)19/h3-4,11-12H,5-10H2,1-2H3. The van der Waals surface area contributed by atoms with E-state index in [9.17, 15) is 9.18 Å². The highest BCUT2D eigenvalue weighted by Crippen LogP contribution is 2.20. The van der Waals surface area contributed by atoms with Crippen LogP contribution >= 0.6 is 11.6 Å². The van der Waals surface area contributed by atoms with Gasteiger partial charge >= 0.3 is 0 Å². The molecule has 1 amide bonds. The SMILES string of the molecule is Cc1cc(C)n(CCN2CCN(C(=O)c3ccc(F)cc3Cl)CC2)n1. The highest BCUT2D eigenvalue weighted by molar-refractivity contribution is 6.33. The van der Waals surface area contributed by atoms with E-state index in [2.05, 4.69) is 23.0 Å². The van der Waals surface area contributed by atoms with Gasteiger partial charge in [0.15, 0.2) is 0 Å². The van der Waals surface area contributed by atoms with Crippen LogP contribution in [0.5, 0.6) is 0 Å². The molecule has 0 aliphatic carbocycles. The monoisotopic (exact) mass is 364 g/mol. The van der Waals surface area contributed by atoms with Crippen molar-refractivity contribution in [2.24, 2.45) is 0 Å². The van der Waals surface area contributed by atoms with Crippen LogP contribution in [-0.4, -0.2) is 58.2 Å². The minimum Gasteiger partial charge on any atom is -0.336 e. The summed E-state index contributed by atoms with van der Waals surface area (Å²) in [5.74, 6) is -0.571. The number of carbonyl (C=O) groups excluding carboxylic acids is 1. The lowest BCUT2D eigenvalue weighted by atomic mass is 10.1. The van der Waals surface area contributed by atoms with Gasteiger partial charge in [0.25, 0.3) is 5.91 Å². The molecule has 0 radical (unpaired) electrons. The summed E-state index contributed by atoms with van der Waals surface area (Å²) in [5.41, 5.74) is 2.56. The summed E-state index contributed by atoms with van der Waals surface area (Å²) in [6.07, 6.45) is 0. The number of benzene rings is 1. The van der Waals surface area contributed by atoms with Crippen molar-refractivity contribution < 1.29 is 9.18 Å². The summed E-state index contributed by atoms with van der Waals surface area (Å²) >= 11 is 6.00. The molecule has 1 aliphatic heterocycles. The number of aromatic nitrogens is 2. The van der Waals surface area contributed by atoms with Crippen LogP contribution in [-0.2, 0) is 6.54 Å². The van der Waals surface area contributed by atoms with Crippen molar-refractivity contribution in [1.82, 2.24) is 19.6 Å². The van der Waals surface area contributed by atoms with Crippen LogP contribution in [0, 0.1) is 19.7 Å². The molecule has 1 aromatic heterocycles. The van der Waals surface area contributed by atoms with Gasteiger partial charge in [-0.05, 0) is 38.1 Å². The summed E-state index contributed by atoms with van der Waals surface area (Å²) in [4.78, 5) is 16.7. The molecule has 7 heteroatoms. The molecule has 1 aromatic carbocycles. The Bertz CT molecular complexity index is 768. The fraction of sp³-hybridized carbons (Fsp3) is 0.444. The average molecular weight is 365 g/mol. The minimum absolute atomic E-state index is 0.136. The molecule has 3 rings (SSSR count). The lowest BCUT2D eigenvalue weighted by Crippen LogP contribution is -2.49. The van der Waals surface area contributed by atoms with Crippen molar-refractivity contribution in [3.8, 4) is 0 Å². The van der Waals surface area contributed by atoms with E-state index in [0.717, 1.165) is 37.6 Å². The van der Waals surface area contributed by atoms with Gasteiger partial charge in [-0.2, -0.15) is 5.10 Å². The van der Waals surface area contributed by atoms with Crippen molar-refractivity contribution in [2.45, 2.75) is 20.4 Å². The maximum atomic E-state index is 13.1. The molecule has 2 heterocycles. The largest absolute Gasteiger partial charge is 0.336 e. The Morgan fingerprint density at radius 2 is 1.88 bits per heavy atom. The van der Waals surface area contributed by atoms with E-state index < -0.39 is 5.82 Å². The molecule has 0 bridgehead atoms. The van der Waals surface area contributed by atoms with Crippen molar-refractivity contribution >= 4 is 17.5 Å². The Morgan fingerprint density at radius 3 is 2.48 bits per heavy atom. The molecule has 0 N–H and O–H groups in total. The quantitative estimate of drug-likeness (QED) is 0.837. The molecule has 0 atom stereocenters. The van der Waals surface area contributed by atoms with Crippen LogP contribution in [0.4, 0.5) is 4.39 Å². The number of amides is 1. The molecule has 2 aromatic rings. The van der Waals surface area contributed by atoms with Gasteiger partial charge in [-0.3, -0.25) is 14.4 Å². The maximum Gasteiger partial charge on any atom is 0.255 e. The van der Waals surface area contributed by atoms with Gasteiger partial charge in [0.05, 0.1) is 22.8 Å². The Balaban J connectivity index is 1.53. The first kappa shape index (κ1) is 17.9. The second-order valence-corrected chi connectivity index (χ2v) is 6.82. The van der Waals surface area contributed by atoms with Crippen LogP contribution in [0.2, 0.25) is 5.02 Å². The van der Waals surface area contributed by atoms with Crippen molar-refractivity contribution in [1.29, 1.82) is 0 Å². The lowest BCUT2D eigenvalue weighted by molar-refractivity contribution is 0.0632. The Kier molecular flexibility index (Phi) is 5.39. The topological polar surface area (TPSA) is 41.4 Å². The molecule has 0 saturated carbocycles. The number of rotatable bonds is 4. The second-order valence-electron chi connectivity index (χ2n) is 6.41. The van der Waals surface area contributed by atoms with E-state index in [1.165, 1.54) is 18.2 Å². The first-order valence-electron chi connectivity index (χ1n) is 8.42. The minimum atomic E-state index is -0.435. The molecular weight excluding hydrogens is 343 g/mol. The molecule has 134 valence electrons. The van der Waals surface area contributed by atoms with E-state index in [-0.39, 0.29) is 10.9 Å². The third kappa shape index (κ3) is 4.19. The van der Waals surface area contributed by atoms with E-state index in [1.807, 2.05) is 11.6 Å². The predicted octanol–water partition coefficient (Wildman–Crippen LogP) is 2.75. The summed E-state index contributed by atoms with van der Waals surface area (Å²) in [5, 5.41) is 4.64. The van der Waals surface area contributed by atoms with Crippen molar-refractivity contribution in [2.75, 3.05) is 32.7 Å². The summed E-state index contributed by atoms with van der Waals surface area (Å²) < 4.78 is 15.2.